The van der Waals surface area contributed by atoms with E-state index in [2.05, 4.69) is 115 Å². The number of rotatable bonds is 4. The molecule has 0 bridgehead atoms. The number of fused-ring (bicyclic) bond motifs is 3. The summed E-state index contributed by atoms with van der Waals surface area (Å²) < 4.78 is 2.41. The van der Waals surface area contributed by atoms with Crippen molar-refractivity contribution >= 4 is 21.8 Å². The topological polar surface area (TPSA) is 4.93 Å². The molecular weight excluding hydrogens is 350 g/mol. The zero-order valence-corrected chi connectivity index (χ0v) is 17.0. The predicted molar refractivity (Wildman–Crippen MR) is 125 cm³/mol. The zero-order chi connectivity index (χ0) is 19.8. The molecule has 5 aromatic rings. The highest BCUT2D eigenvalue weighted by molar-refractivity contribution is 6.13. The average Bonchev–Trinajstić information content (AvgIpc) is 3.14. The maximum absolute atomic E-state index is 2.41. The first-order chi connectivity index (χ1) is 14.3. The fraction of sp³-hybridized carbons (Fsp3) is 0.143. The maximum Gasteiger partial charge on any atom is 0.0619 e. The molecule has 0 aliphatic carbocycles. The maximum atomic E-state index is 2.41. The van der Waals surface area contributed by atoms with Gasteiger partial charge in [-0.15, -0.1) is 0 Å². The fourth-order valence-corrected chi connectivity index (χ4v) is 4.32. The number of hydrogen-bond acceptors (Lipinski definition) is 0. The first kappa shape index (κ1) is 17.8. The van der Waals surface area contributed by atoms with E-state index in [0.29, 0.717) is 5.92 Å². The summed E-state index contributed by atoms with van der Waals surface area (Å²) >= 11 is 0. The smallest absolute Gasteiger partial charge is 0.0619 e. The number of hydrogen-bond donors (Lipinski definition) is 0. The first-order valence-corrected chi connectivity index (χ1v) is 10.5. The quantitative estimate of drug-likeness (QED) is 0.300. The fourth-order valence-electron chi connectivity index (χ4n) is 4.32. The third-order valence-electron chi connectivity index (χ3n) is 6.11. The van der Waals surface area contributed by atoms with Crippen LogP contribution in [0.5, 0.6) is 0 Å². The van der Waals surface area contributed by atoms with E-state index in [-0.39, 0.29) is 0 Å². The van der Waals surface area contributed by atoms with Gasteiger partial charge in [0.25, 0.3) is 0 Å². The van der Waals surface area contributed by atoms with Crippen LogP contribution in [0, 0.1) is 0 Å². The molecule has 0 fully saturated rings. The Labute approximate surface area is 172 Å². The summed E-state index contributed by atoms with van der Waals surface area (Å²) in [5.74, 6) is 0.593. The van der Waals surface area contributed by atoms with Crippen LogP contribution in [0.4, 0.5) is 0 Å². The molecule has 0 aliphatic heterocycles. The van der Waals surface area contributed by atoms with Crippen molar-refractivity contribution in [2.24, 2.45) is 0 Å². The second-order valence-corrected chi connectivity index (χ2v) is 7.82. The van der Waals surface area contributed by atoms with E-state index in [1.165, 1.54) is 44.2 Å². The van der Waals surface area contributed by atoms with E-state index >= 15 is 0 Å². The van der Waals surface area contributed by atoms with Gasteiger partial charge in [-0.25, -0.2) is 0 Å². The van der Waals surface area contributed by atoms with Crippen LogP contribution in [0.1, 0.15) is 31.7 Å². The van der Waals surface area contributed by atoms with Crippen molar-refractivity contribution in [3.63, 3.8) is 0 Å². The molecule has 0 amide bonds. The number of nitrogens with zero attached hydrogens (tertiary/aromatic N) is 1. The normalized spacial score (nSPS) is 12.5. The minimum absolute atomic E-state index is 0.593. The number of aromatic nitrogens is 1. The van der Waals surface area contributed by atoms with Gasteiger partial charge in [0.2, 0.25) is 0 Å². The molecule has 0 spiro atoms. The molecule has 1 atom stereocenters. The molecule has 1 nitrogen and oxygen atoms in total. The Morgan fingerprint density at radius 2 is 1.38 bits per heavy atom. The van der Waals surface area contributed by atoms with Crippen LogP contribution < -0.4 is 0 Å². The van der Waals surface area contributed by atoms with E-state index in [0.717, 1.165) is 6.42 Å². The Bertz CT molecular complexity index is 1280. The van der Waals surface area contributed by atoms with E-state index in [9.17, 15) is 0 Å². The molecule has 0 saturated heterocycles. The van der Waals surface area contributed by atoms with Crippen LogP contribution in [-0.4, -0.2) is 4.57 Å². The molecule has 1 heterocycles. The summed E-state index contributed by atoms with van der Waals surface area (Å²) in [6.45, 7) is 4.54. The highest BCUT2D eigenvalue weighted by Gasteiger charge is 2.16. The second-order valence-electron chi connectivity index (χ2n) is 7.82. The third-order valence-corrected chi connectivity index (χ3v) is 6.11. The van der Waals surface area contributed by atoms with Gasteiger partial charge in [0.05, 0.1) is 11.0 Å². The van der Waals surface area contributed by atoms with Gasteiger partial charge in [-0.3, -0.25) is 0 Å². The molecule has 29 heavy (non-hydrogen) atoms. The molecule has 0 saturated carbocycles. The molecule has 1 aromatic heterocycles. The number of para-hydroxylation sites is 3. The highest BCUT2D eigenvalue weighted by atomic mass is 15.0. The lowest BCUT2D eigenvalue weighted by Gasteiger charge is -2.13. The average molecular weight is 376 g/mol. The van der Waals surface area contributed by atoms with Gasteiger partial charge in [0.15, 0.2) is 0 Å². The summed E-state index contributed by atoms with van der Waals surface area (Å²) in [6, 6.07) is 35.2. The van der Waals surface area contributed by atoms with Crippen molar-refractivity contribution in [1.29, 1.82) is 0 Å². The van der Waals surface area contributed by atoms with Crippen LogP contribution in [-0.2, 0) is 0 Å². The van der Waals surface area contributed by atoms with Gasteiger partial charge in [-0.1, -0.05) is 92.7 Å². The number of benzene rings is 4. The van der Waals surface area contributed by atoms with Crippen molar-refractivity contribution in [3.05, 3.63) is 103 Å². The molecule has 142 valence electrons. The standard InChI is InChI=1S/C28H25N/c1-3-20(2)21-16-18-22(19-17-21)24-13-9-14-26-25-12-7-8-15-27(25)29(28(24)26)23-10-5-4-6-11-23/h4-20H,3H2,1-2H3. The lowest BCUT2D eigenvalue weighted by molar-refractivity contribution is 0.734. The van der Waals surface area contributed by atoms with Gasteiger partial charge in [-0.05, 0) is 41.7 Å². The van der Waals surface area contributed by atoms with Gasteiger partial charge < -0.3 is 4.57 Å². The lowest BCUT2D eigenvalue weighted by Crippen LogP contribution is -1.95. The van der Waals surface area contributed by atoms with Crippen LogP contribution in [0.15, 0.2) is 97.1 Å². The Balaban J connectivity index is 1.82. The summed E-state index contributed by atoms with van der Waals surface area (Å²) in [5.41, 5.74) is 7.67. The Morgan fingerprint density at radius 1 is 0.690 bits per heavy atom. The Hall–Kier alpha value is -3.32. The molecule has 0 aliphatic rings. The summed E-state index contributed by atoms with van der Waals surface area (Å²) in [4.78, 5) is 0. The minimum Gasteiger partial charge on any atom is -0.309 e. The van der Waals surface area contributed by atoms with Crippen LogP contribution >= 0.6 is 0 Å². The van der Waals surface area contributed by atoms with Crippen molar-refractivity contribution < 1.29 is 0 Å². The SMILES string of the molecule is CCC(C)c1ccc(-c2cccc3c4ccccc4n(-c4ccccc4)c23)cc1. The van der Waals surface area contributed by atoms with E-state index in [1.807, 2.05) is 0 Å². The van der Waals surface area contributed by atoms with Crippen LogP contribution in [0.2, 0.25) is 0 Å². The molecule has 1 heteroatoms. The van der Waals surface area contributed by atoms with E-state index < -0.39 is 0 Å². The van der Waals surface area contributed by atoms with Gasteiger partial charge >= 0.3 is 0 Å². The Kier molecular flexibility index (Phi) is 4.44. The molecular formula is C28H25N. The molecule has 1 unspecified atom stereocenters. The second kappa shape index (κ2) is 7.25. The molecule has 4 aromatic carbocycles. The van der Waals surface area contributed by atoms with Crippen molar-refractivity contribution in [2.45, 2.75) is 26.2 Å². The van der Waals surface area contributed by atoms with Crippen molar-refractivity contribution in [3.8, 4) is 16.8 Å². The summed E-state index contributed by atoms with van der Waals surface area (Å²) in [6.07, 6.45) is 1.16. The van der Waals surface area contributed by atoms with E-state index in [4.69, 9.17) is 0 Å². The first-order valence-electron chi connectivity index (χ1n) is 10.5. The molecule has 5 rings (SSSR count). The van der Waals surface area contributed by atoms with Crippen molar-refractivity contribution in [2.75, 3.05) is 0 Å². The van der Waals surface area contributed by atoms with Gasteiger partial charge in [0, 0.05) is 22.0 Å². The Morgan fingerprint density at radius 3 is 2.14 bits per heavy atom. The monoisotopic (exact) mass is 375 g/mol. The van der Waals surface area contributed by atoms with Crippen molar-refractivity contribution in [1.82, 2.24) is 4.57 Å². The summed E-state index contributed by atoms with van der Waals surface area (Å²) in [5, 5.41) is 2.59. The van der Waals surface area contributed by atoms with Crippen LogP contribution in [0.3, 0.4) is 0 Å². The van der Waals surface area contributed by atoms with Crippen LogP contribution in [0.25, 0.3) is 38.6 Å². The molecule has 0 N–H and O–H groups in total. The summed E-state index contributed by atoms with van der Waals surface area (Å²) in [7, 11) is 0. The lowest BCUT2D eigenvalue weighted by atomic mass is 9.95. The minimum atomic E-state index is 0.593. The van der Waals surface area contributed by atoms with Gasteiger partial charge in [-0.2, -0.15) is 0 Å². The van der Waals surface area contributed by atoms with E-state index in [1.54, 1.807) is 0 Å². The third kappa shape index (κ3) is 2.94. The predicted octanol–water partition coefficient (Wildman–Crippen LogP) is 7.96. The largest absolute Gasteiger partial charge is 0.309 e. The zero-order valence-electron chi connectivity index (χ0n) is 17.0. The van der Waals surface area contributed by atoms with Gasteiger partial charge in [0.1, 0.15) is 0 Å². The highest BCUT2D eigenvalue weighted by Crippen LogP contribution is 2.38. The molecule has 0 radical (unpaired) electrons.